The van der Waals surface area contributed by atoms with Gasteiger partial charge in [-0.05, 0) is 84.0 Å². The molecule has 104 valence electrons. The van der Waals surface area contributed by atoms with E-state index in [2.05, 4.69) is 63.9 Å². The van der Waals surface area contributed by atoms with E-state index in [9.17, 15) is 0 Å². The van der Waals surface area contributed by atoms with Crippen LogP contribution in [0.15, 0.2) is 24.3 Å². The summed E-state index contributed by atoms with van der Waals surface area (Å²) in [7, 11) is 0. The minimum atomic E-state index is 0.171. The molecule has 1 aromatic rings. The van der Waals surface area contributed by atoms with E-state index in [4.69, 9.17) is 4.74 Å². The van der Waals surface area contributed by atoms with Crippen LogP contribution in [-0.4, -0.2) is 29.8 Å². The highest BCUT2D eigenvalue weighted by atomic mass is 127. The molecule has 2 heterocycles. The average molecular weight is 389 g/mol. The zero-order valence-electron chi connectivity index (χ0n) is 11.0. The van der Waals surface area contributed by atoms with Crippen LogP contribution < -0.4 is 5.32 Å². The third-order valence-electron chi connectivity index (χ3n) is 4.11. The first-order chi connectivity index (χ1) is 9.26. The molecule has 2 aliphatic heterocycles. The van der Waals surface area contributed by atoms with E-state index in [1.54, 1.807) is 0 Å². The van der Waals surface area contributed by atoms with Crippen LogP contribution >= 0.6 is 34.4 Å². The Morgan fingerprint density at radius 2 is 1.95 bits per heavy atom. The Balaban J connectivity index is 1.63. The second kappa shape index (κ2) is 6.22. The molecule has 2 nitrogen and oxygen atoms in total. The molecule has 2 saturated heterocycles. The number of rotatable bonds is 2. The molecule has 3 rings (SSSR count). The fourth-order valence-corrected chi connectivity index (χ4v) is 4.62. The maximum atomic E-state index is 6.14. The SMILES string of the molecule is Ic1ccc(NC2CCOC3(CCSCC3)C2)cc1. The quantitative estimate of drug-likeness (QED) is 0.768. The molecule has 0 saturated carbocycles. The van der Waals surface area contributed by atoms with Crippen molar-refractivity contribution in [1.29, 1.82) is 0 Å². The molecule has 2 fully saturated rings. The highest BCUT2D eigenvalue weighted by molar-refractivity contribution is 14.1. The van der Waals surface area contributed by atoms with Gasteiger partial charge in [-0.25, -0.2) is 0 Å². The second-order valence-electron chi connectivity index (χ2n) is 5.48. The van der Waals surface area contributed by atoms with Crippen LogP contribution in [0, 0.1) is 3.57 Å². The predicted molar refractivity (Wildman–Crippen MR) is 91.0 cm³/mol. The van der Waals surface area contributed by atoms with Gasteiger partial charge in [-0.15, -0.1) is 0 Å². The Morgan fingerprint density at radius 1 is 1.21 bits per heavy atom. The van der Waals surface area contributed by atoms with E-state index < -0.39 is 0 Å². The number of nitrogens with one attached hydrogen (secondary N) is 1. The van der Waals surface area contributed by atoms with E-state index >= 15 is 0 Å². The summed E-state index contributed by atoms with van der Waals surface area (Å²) in [5, 5.41) is 3.69. The normalized spacial score (nSPS) is 26.3. The molecule has 2 aliphatic rings. The van der Waals surface area contributed by atoms with Crippen molar-refractivity contribution >= 4 is 40.0 Å². The number of anilines is 1. The van der Waals surface area contributed by atoms with Crippen LogP contribution in [0.3, 0.4) is 0 Å². The highest BCUT2D eigenvalue weighted by Crippen LogP contribution is 2.38. The Morgan fingerprint density at radius 3 is 2.68 bits per heavy atom. The van der Waals surface area contributed by atoms with Crippen LogP contribution in [0.1, 0.15) is 25.7 Å². The largest absolute Gasteiger partial charge is 0.382 e. The van der Waals surface area contributed by atoms with Crippen molar-refractivity contribution < 1.29 is 4.74 Å². The zero-order valence-corrected chi connectivity index (χ0v) is 14.0. The van der Waals surface area contributed by atoms with Gasteiger partial charge in [0.2, 0.25) is 0 Å². The van der Waals surface area contributed by atoms with E-state index in [1.807, 2.05) is 0 Å². The predicted octanol–water partition coefficient (Wildman–Crippen LogP) is 4.15. The Kier molecular flexibility index (Phi) is 4.59. The fourth-order valence-electron chi connectivity index (χ4n) is 3.02. The first kappa shape index (κ1) is 14.0. The van der Waals surface area contributed by atoms with Crippen molar-refractivity contribution in [3.63, 3.8) is 0 Å². The topological polar surface area (TPSA) is 21.3 Å². The molecule has 1 aromatic carbocycles. The molecule has 0 amide bonds. The number of halogens is 1. The van der Waals surface area contributed by atoms with Crippen LogP contribution in [0.2, 0.25) is 0 Å². The van der Waals surface area contributed by atoms with Gasteiger partial charge in [0.15, 0.2) is 0 Å². The number of ether oxygens (including phenoxy) is 1. The lowest BCUT2D eigenvalue weighted by atomic mass is 9.85. The van der Waals surface area contributed by atoms with Gasteiger partial charge in [0.25, 0.3) is 0 Å². The third-order valence-corrected chi connectivity index (χ3v) is 5.82. The van der Waals surface area contributed by atoms with Crippen molar-refractivity contribution in [3.05, 3.63) is 27.8 Å². The van der Waals surface area contributed by atoms with Gasteiger partial charge in [-0.2, -0.15) is 11.8 Å². The summed E-state index contributed by atoms with van der Waals surface area (Å²) >= 11 is 4.42. The number of hydrogen-bond donors (Lipinski definition) is 1. The van der Waals surface area contributed by atoms with Gasteiger partial charge < -0.3 is 10.1 Å². The van der Waals surface area contributed by atoms with Gasteiger partial charge in [-0.3, -0.25) is 0 Å². The van der Waals surface area contributed by atoms with E-state index in [0.717, 1.165) is 13.0 Å². The smallest absolute Gasteiger partial charge is 0.0717 e. The molecule has 1 spiro atoms. The summed E-state index contributed by atoms with van der Waals surface area (Å²) in [6, 6.07) is 9.25. The standard InChI is InChI=1S/C15H20INOS/c16-12-1-3-13(4-2-12)17-14-5-8-18-15(11-14)6-9-19-10-7-15/h1-4,14,17H,5-11H2. The molecule has 0 aliphatic carbocycles. The summed E-state index contributed by atoms with van der Waals surface area (Å²) in [6.07, 6.45) is 4.74. The molecule has 4 heteroatoms. The van der Waals surface area contributed by atoms with Gasteiger partial charge in [0.05, 0.1) is 5.60 Å². The molecule has 1 unspecified atom stereocenters. The van der Waals surface area contributed by atoms with Gasteiger partial charge in [0, 0.05) is 21.9 Å². The molecule has 1 atom stereocenters. The summed E-state index contributed by atoms with van der Waals surface area (Å²) in [4.78, 5) is 0. The minimum Gasteiger partial charge on any atom is -0.382 e. The molecule has 1 N–H and O–H groups in total. The van der Waals surface area contributed by atoms with Crippen molar-refractivity contribution in [2.75, 3.05) is 23.4 Å². The second-order valence-corrected chi connectivity index (χ2v) is 7.96. The van der Waals surface area contributed by atoms with E-state index in [1.165, 1.54) is 40.0 Å². The lowest BCUT2D eigenvalue weighted by Gasteiger charge is -2.43. The van der Waals surface area contributed by atoms with Crippen LogP contribution in [0.25, 0.3) is 0 Å². The van der Waals surface area contributed by atoms with Crippen LogP contribution in [0.4, 0.5) is 5.69 Å². The number of thioether (sulfide) groups is 1. The van der Waals surface area contributed by atoms with Gasteiger partial charge in [0.1, 0.15) is 0 Å². The Hall–Kier alpha value is 0.0600. The monoisotopic (exact) mass is 389 g/mol. The summed E-state index contributed by atoms with van der Waals surface area (Å²) in [5.41, 5.74) is 1.41. The molecular weight excluding hydrogens is 369 g/mol. The lowest BCUT2D eigenvalue weighted by Crippen LogP contribution is -2.46. The summed E-state index contributed by atoms with van der Waals surface area (Å²) in [6.45, 7) is 0.909. The fraction of sp³-hybridized carbons (Fsp3) is 0.600. The van der Waals surface area contributed by atoms with Crippen molar-refractivity contribution in [1.82, 2.24) is 0 Å². The maximum absolute atomic E-state index is 6.14. The average Bonchev–Trinajstić information content (AvgIpc) is 2.42. The van der Waals surface area contributed by atoms with Gasteiger partial charge >= 0.3 is 0 Å². The highest BCUT2D eigenvalue weighted by Gasteiger charge is 2.38. The number of benzene rings is 1. The molecule has 0 aromatic heterocycles. The first-order valence-corrected chi connectivity index (χ1v) is 9.23. The third kappa shape index (κ3) is 3.58. The Bertz CT molecular complexity index is 411. The zero-order chi connectivity index (χ0) is 13.1. The minimum absolute atomic E-state index is 0.171. The lowest BCUT2D eigenvalue weighted by molar-refractivity contribution is -0.0865. The molecular formula is C15H20INOS. The molecule has 19 heavy (non-hydrogen) atoms. The summed E-state index contributed by atoms with van der Waals surface area (Å²) < 4.78 is 7.43. The van der Waals surface area contributed by atoms with Crippen molar-refractivity contribution in [3.8, 4) is 0 Å². The van der Waals surface area contributed by atoms with E-state index in [0.29, 0.717) is 6.04 Å². The van der Waals surface area contributed by atoms with Crippen LogP contribution in [-0.2, 0) is 4.74 Å². The van der Waals surface area contributed by atoms with E-state index in [-0.39, 0.29) is 5.60 Å². The van der Waals surface area contributed by atoms with Crippen LogP contribution in [0.5, 0.6) is 0 Å². The molecule has 0 radical (unpaired) electrons. The molecule has 0 bridgehead atoms. The van der Waals surface area contributed by atoms with Crippen molar-refractivity contribution in [2.24, 2.45) is 0 Å². The van der Waals surface area contributed by atoms with Crippen molar-refractivity contribution in [2.45, 2.75) is 37.3 Å². The summed E-state index contributed by atoms with van der Waals surface area (Å²) in [5.74, 6) is 2.52. The maximum Gasteiger partial charge on any atom is 0.0717 e. The number of hydrogen-bond acceptors (Lipinski definition) is 3. The van der Waals surface area contributed by atoms with Gasteiger partial charge in [-0.1, -0.05) is 0 Å². The Labute approximate surface area is 133 Å². The first-order valence-electron chi connectivity index (χ1n) is 7.00.